The number of aromatic nitrogens is 1. The maximum absolute atomic E-state index is 15.3. The number of hydrogen-bond donors (Lipinski definition) is 5. The molecule has 13 unspecified atom stereocenters. The van der Waals surface area contributed by atoms with Crippen molar-refractivity contribution in [2.24, 2.45) is 23.7 Å². The van der Waals surface area contributed by atoms with Crippen molar-refractivity contribution < 1.29 is 71.4 Å². The number of nitrogens with one attached hydrogen (secondary N) is 4. The average molecular weight is 1300 g/mol. The fraction of sp³-hybridized carbons (Fsp3) is 0.631. The fourth-order valence-corrected chi connectivity index (χ4v) is 12.7. The summed E-state index contributed by atoms with van der Waals surface area (Å²) in [5, 5.41) is 10.9. The lowest BCUT2D eigenvalue weighted by atomic mass is 9.96. The van der Waals surface area contributed by atoms with Gasteiger partial charge in [-0.15, -0.1) is 0 Å². The molecule has 0 spiro atoms. The van der Waals surface area contributed by atoms with E-state index in [0.29, 0.717) is 37.7 Å². The van der Waals surface area contributed by atoms with Crippen LogP contribution >= 0.6 is 0 Å². The van der Waals surface area contributed by atoms with Gasteiger partial charge < -0.3 is 70.3 Å². The van der Waals surface area contributed by atoms with E-state index < -0.39 is 191 Å². The Kier molecular flexibility index (Phi) is 22.7. The summed E-state index contributed by atoms with van der Waals surface area (Å²) < 4.78 is 18.5. The van der Waals surface area contributed by atoms with Gasteiger partial charge in [-0.05, 0) is 88.7 Å². The summed E-state index contributed by atoms with van der Waals surface area (Å²) in [6.45, 7) is 19.0. The lowest BCUT2D eigenvalue weighted by Gasteiger charge is -2.36. The summed E-state index contributed by atoms with van der Waals surface area (Å²) in [4.78, 5) is 201. The quantitative estimate of drug-likeness (QED) is 0.104. The second-order valence-corrected chi connectivity index (χ2v) is 26.0. The van der Waals surface area contributed by atoms with Crippen molar-refractivity contribution in [3.8, 4) is 11.5 Å². The molecular formula is C65H92N12O16. The van der Waals surface area contributed by atoms with Gasteiger partial charge in [0.2, 0.25) is 52.7 Å². The zero-order valence-electron chi connectivity index (χ0n) is 56.3. The van der Waals surface area contributed by atoms with Crippen LogP contribution in [0.2, 0.25) is 0 Å². The van der Waals surface area contributed by atoms with Crippen molar-refractivity contribution in [1.82, 2.24) is 55.7 Å². The molecule has 1 aromatic carbocycles. The summed E-state index contributed by atoms with van der Waals surface area (Å²) in [6.07, 6.45) is -0.541. The monoisotopic (exact) mass is 1300 g/mol. The Balaban J connectivity index is 1.34. The Morgan fingerprint density at radius 1 is 0.634 bits per heavy atom. The number of cyclic esters (lactones) is 2. The molecule has 6 aliphatic rings. The first-order valence-corrected chi connectivity index (χ1v) is 32.1. The van der Waals surface area contributed by atoms with E-state index in [9.17, 15) is 43.2 Å². The van der Waals surface area contributed by atoms with Crippen molar-refractivity contribution in [3.63, 3.8) is 0 Å². The van der Waals surface area contributed by atoms with E-state index in [-0.39, 0.29) is 53.9 Å². The molecule has 5 heterocycles. The van der Waals surface area contributed by atoms with Crippen molar-refractivity contribution >= 4 is 87.8 Å². The van der Waals surface area contributed by atoms with Crippen LogP contribution in [0.5, 0.6) is 0 Å². The number of nitrogens with two attached hydrogens (primary N) is 1. The van der Waals surface area contributed by atoms with Gasteiger partial charge in [0.05, 0.1) is 29.9 Å². The standard InChI is InChI=1S/C65H92N12O16/c1-17-31(6)45-62(87)76-26-20-22-39(76)60(85)72(13)28-41(78)74(15)51(30(4)5)64(89)91-36(11)47(58(83)68-45)70-56(81)38-25-24-34(9)54-49(38)67-50-43(44(66)53(80)35(10)55(50)93-54)57(82)71-48-37(12)92-65(90)52(33(8)19-3)75(16)42(79)29-73(14)61(86)40-23-21-27-77(40)63(88)46(32(7)18-2)69-59(48)84/h24-25,30-33,36-37,39-40,45-48,51-52H,17-23,26-29,66H2,1-16H3,(H,68,83)(H,69,84)(H,70,81)(H,71,82). The van der Waals surface area contributed by atoms with Crippen LogP contribution in [-0.4, -0.2) is 220 Å². The van der Waals surface area contributed by atoms with Gasteiger partial charge in [-0.2, -0.15) is 0 Å². The van der Waals surface area contributed by atoms with E-state index in [4.69, 9.17) is 24.6 Å². The van der Waals surface area contributed by atoms with Crippen LogP contribution in [0.3, 0.4) is 0 Å². The van der Waals surface area contributed by atoms with Gasteiger partial charge in [-0.3, -0.25) is 52.7 Å². The number of amides is 10. The normalized spacial score (nSPS) is 26.6. The van der Waals surface area contributed by atoms with Crippen LogP contribution in [0, 0.1) is 37.5 Å². The molecule has 0 saturated carbocycles. The van der Waals surface area contributed by atoms with Gasteiger partial charge in [0.25, 0.3) is 11.8 Å². The molecule has 7 rings (SSSR count). The van der Waals surface area contributed by atoms with Crippen molar-refractivity contribution in [3.05, 3.63) is 44.6 Å². The molecule has 5 aliphatic heterocycles. The van der Waals surface area contributed by atoms with E-state index in [1.807, 2.05) is 0 Å². The number of hydrogen-bond acceptors (Lipinski definition) is 18. The molecular weight excluding hydrogens is 1200 g/mol. The Bertz CT molecular complexity index is 3480. The first-order valence-electron chi connectivity index (χ1n) is 32.1. The predicted molar refractivity (Wildman–Crippen MR) is 339 cm³/mol. The van der Waals surface area contributed by atoms with Crippen LogP contribution < -0.4 is 32.4 Å². The number of ether oxygens (including phenoxy) is 2. The van der Waals surface area contributed by atoms with Crippen molar-refractivity contribution in [2.45, 2.75) is 189 Å². The second kappa shape index (κ2) is 29.5. The number of carbonyl (C=O) groups is 12. The van der Waals surface area contributed by atoms with E-state index in [2.05, 4.69) is 21.3 Å². The summed E-state index contributed by atoms with van der Waals surface area (Å²) in [5.41, 5.74) is 3.65. The Morgan fingerprint density at radius 2 is 1.08 bits per heavy atom. The molecule has 13 atom stereocenters. The lowest BCUT2D eigenvalue weighted by Crippen LogP contribution is -2.61. The van der Waals surface area contributed by atoms with E-state index >= 15 is 19.2 Å². The molecule has 508 valence electrons. The van der Waals surface area contributed by atoms with Crippen molar-refractivity contribution in [2.75, 3.05) is 60.1 Å². The first kappa shape index (κ1) is 71.7. The maximum atomic E-state index is 15.3. The number of esters is 2. The maximum Gasteiger partial charge on any atom is 0.329 e. The third-order valence-electron chi connectivity index (χ3n) is 19.2. The molecule has 4 saturated heterocycles. The molecule has 4 fully saturated rings. The van der Waals surface area contributed by atoms with Gasteiger partial charge >= 0.3 is 11.9 Å². The topological polar surface area (TPSA) is 360 Å². The Hall–Kier alpha value is -8.72. The van der Waals surface area contributed by atoms with Crippen LogP contribution in [0.15, 0.2) is 21.3 Å². The number of fused-ring (bicyclic) bond motifs is 4. The average Bonchev–Trinajstić information content (AvgIpc) is 1.31. The Labute approximate surface area is 541 Å². The summed E-state index contributed by atoms with van der Waals surface area (Å²) >= 11 is 0. The van der Waals surface area contributed by atoms with Gasteiger partial charge in [0.15, 0.2) is 11.3 Å². The fourth-order valence-electron chi connectivity index (χ4n) is 12.7. The molecule has 1 aromatic rings. The highest BCUT2D eigenvalue weighted by Crippen LogP contribution is 2.35. The molecule has 10 amide bonds. The first-order chi connectivity index (χ1) is 43.7. The van der Waals surface area contributed by atoms with Gasteiger partial charge in [-0.25, -0.2) is 14.6 Å². The lowest BCUT2D eigenvalue weighted by molar-refractivity contribution is -0.163. The highest BCUT2D eigenvalue weighted by Gasteiger charge is 2.47. The van der Waals surface area contributed by atoms with E-state index in [0.717, 1.165) is 9.80 Å². The number of likely N-dealkylation sites (N-methyl/N-ethyl adjacent to an activating group) is 4. The minimum atomic E-state index is -1.88. The number of anilines is 1. The van der Waals surface area contributed by atoms with Crippen LogP contribution in [0.25, 0.3) is 22.6 Å². The number of rotatable bonds is 11. The predicted octanol–water partition coefficient (Wildman–Crippen LogP) is 1.90. The molecule has 28 nitrogen and oxygen atoms in total. The number of benzene rings is 2. The molecule has 93 heavy (non-hydrogen) atoms. The number of aryl methyl sites for hydroxylation is 1. The van der Waals surface area contributed by atoms with Gasteiger partial charge in [-0.1, -0.05) is 80.7 Å². The molecule has 0 radical (unpaired) electrons. The molecule has 1 aliphatic carbocycles. The number of nitrogen functional groups attached to an aromatic ring is 1. The summed E-state index contributed by atoms with van der Waals surface area (Å²) in [5.74, 6) is -12.1. The summed E-state index contributed by atoms with van der Waals surface area (Å²) in [7, 11) is 5.64. The van der Waals surface area contributed by atoms with E-state index in [1.54, 1.807) is 62.3 Å². The SMILES string of the molecule is CCC(C)C1NC(=O)C(NC(=O)c2ccc(C)c3oc4c(C)c(=O)c(N)c(C(=O)NC5C(=O)NC(C(C)CC)C(=O)N6CCCC6C(=O)N(C)CC(=O)N(C)C(C(C)CC)C(=O)OC5C)c-4nc23)C(C)OC(=O)C(C(C)C)N(C)C(=O)CN(C)C(=O)C2CCCN2C1=O. The zero-order valence-corrected chi connectivity index (χ0v) is 56.3. The largest absolute Gasteiger partial charge is 0.458 e. The smallest absolute Gasteiger partial charge is 0.329 e. The minimum Gasteiger partial charge on any atom is -0.458 e. The minimum absolute atomic E-state index is 0.0722. The van der Waals surface area contributed by atoms with Gasteiger partial charge in [0.1, 0.15) is 71.8 Å². The number of carbonyl (C=O) groups excluding carboxylic acids is 12. The zero-order chi connectivity index (χ0) is 69.1. The van der Waals surface area contributed by atoms with Crippen LogP contribution in [0.1, 0.15) is 146 Å². The van der Waals surface area contributed by atoms with Gasteiger partial charge in [0, 0.05) is 46.8 Å². The van der Waals surface area contributed by atoms with E-state index in [1.165, 1.54) is 80.7 Å². The van der Waals surface area contributed by atoms with Crippen LogP contribution in [0.4, 0.5) is 5.69 Å². The Morgan fingerprint density at radius 3 is 1.53 bits per heavy atom. The van der Waals surface area contributed by atoms with Crippen LogP contribution in [-0.2, 0) is 57.4 Å². The molecule has 0 aromatic heterocycles. The summed E-state index contributed by atoms with van der Waals surface area (Å²) in [6, 6.07) is -7.85. The molecule has 6 N–H and O–H groups in total. The van der Waals surface area contributed by atoms with Crippen molar-refractivity contribution in [1.29, 1.82) is 0 Å². The number of nitrogens with zero attached hydrogens (tertiary/aromatic N) is 7. The molecule has 0 bridgehead atoms. The highest BCUT2D eigenvalue weighted by molar-refractivity contribution is 6.10. The third kappa shape index (κ3) is 14.6. The highest BCUT2D eigenvalue weighted by atomic mass is 16.6. The third-order valence-corrected chi connectivity index (χ3v) is 19.2. The second-order valence-electron chi connectivity index (χ2n) is 26.0. The molecule has 28 heteroatoms.